The van der Waals surface area contributed by atoms with Gasteiger partial charge in [0, 0.05) is 48.5 Å². The summed E-state index contributed by atoms with van der Waals surface area (Å²) in [4.78, 5) is 19.0. The van der Waals surface area contributed by atoms with E-state index in [1.165, 1.54) is 16.9 Å². The summed E-state index contributed by atoms with van der Waals surface area (Å²) >= 11 is 1.77. The highest BCUT2D eigenvalue weighted by molar-refractivity contribution is 7.10. The van der Waals surface area contributed by atoms with Crippen molar-refractivity contribution < 1.29 is 14.3 Å². The van der Waals surface area contributed by atoms with Crippen LogP contribution in [0, 0.1) is 5.92 Å². The van der Waals surface area contributed by atoms with Crippen LogP contribution in [0.4, 0.5) is 0 Å². The lowest BCUT2D eigenvalue weighted by molar-refractivity contribution is 0.0626. The van der Waals surface area contributed by atoms with E-state index >= 15 is 0 Å². The Hall–Kier alpha value is -2.05. The molecule has 0 radical (unpaired) electrons. The molecule has 0 spiro atoms. The predicted octanol–water partition coefficient (Wildman–Crippen LogP) is 3.85. The number of amides is 1. The minimum atomic E-state index is 0.218. The van der Waals surface area contributed by atoms with Gasteiger partial charge in [0.25, 0.3) is 5.91 Å². The molecular weight excluding hydrogens is 384 g/mol. The molecule has 5 nitrogen and oxygen atoms in total. The number of hydrogen-bond acceptors (Lipinski definition) is 5. The Morgan fingerprint density at radius 2 is 1.97 bits per heavy atom. The fourth-order valence-corrected chi connectivity index (χ4v) is 5.62. The van der Waals surface area contributed by atoms with Crippen LogP contribution < -0.4 is 9.47 Å². The number of hydrogen-bond donors (Lipinski definition) is 0. The number of fused-ring (bicyclic) bond motifs is 1. The van der Waals surface area contributed by atoms with E-state index in [4.69, 9.17) is 9.47 Å². The van der Waals surface area contributed by atoms with Crippen molar-refractivity contribution in [3.8, 4) is 11.5 Å². The third-order valence-electron chi connectivity index (χ3n) is 6.17. The van der Waals surface area contributed by atoms with Crippen LogP contribution in [0.15, 0.2) is 23.6 Å². The molecule has 0 bridgehead atoms. The van der Waals surface area contributed by atoms with Gasteiger partial charge in [-0.15, -0.1) is 11.3 Å². The van der Waals surface area contributed by atoms with E-state index in [1.54, 1.807) is 25.6 Å². The number of ether oxygens (including phenoxy) is 2. The van der Waals surface area contributed by atoms with Crippen LogP contribution >= 0.6 is 11.3 Å². The van der Waals surface area contributed by atoms with Crippen molar-refractivity contribution in [3.05, 3.63) is 45.1 Å². The first-order valence-electron chi connectivity index (χ1n) is 10.4. The van der Waals surface area contributed by atoms with Gasteiger partial charge in [0.15, 0.2) is 0 Å². The van der Waals surface area contributed by atoms with Crippen LogP contribution in [-0.2, 0) is 19.4 Å². The smallest absolute Gasteiger partial charge is 0.255 e. The van der Waals surface area contributed by atoms with Crippen LogP contribution in [0.1, 0.15) is 39.7 Å². The maximum atomic E-state index is 13.1. The third-order valence-corrected chi connectivity index (χ3v) is 7.22. The summed E-state index contributed by atoms with van der Waals surface area (Å²) in [6, 6.07) is 5.91. The zero-order valence-electron chi connectivity index (χ0n) is 17.6. The maximum absolute atomic E-state index is 13.1. The van der Waals surface area contributed by atoms with Gasteiger partial charge in [0.2, 0.25) is 0 Å². The average molecular weight is 415 g/mol. The number of carbonyl (C=O) groups excluding carboxylic acids is 1. The highest BCUT2D eigenvalue weighted by Crippen LogP contribution is 2.33. The van der Waals surface area contributed by atoms with Gasteiger partial charge in [-0.3, -0.25) is 9.69 Å². The van der Waals surface area contributed by atoms with Crippen LogP contribution in [0.25, 0.3) is 0 Å². The van der Waals surface area contributed by atoms with Crippen molar-refractivity contribution in [1.82, 2.24) is 9.80 Å². The summed E-state index contributed by atoms with van der Waals surface area (Å²) in [7, 11) is 3.38. The zero-order chi connectivity index (χ0) is 20.4. The molecule has 6 heteroatoms. The van der Waals surface area contributed by atoms with Crippen LogP contribution in [-0.4, -0.2) is 56.1 Å². The van der Waals surface area contributed by atoms with E-state index in [0.717, 1.165) is 74.1 Å². The number of piperazine rings is 1. The molecule has 1 fully saturated rings. The van der Waals surface area contributed by atoms with Gasteiger partial charge in [-0.1, -0.05) is 6.92 Å². The molecule has 1 saturated heterocycles. The van der Waals surface area contributed by atoms with Crippen LogP contribution in [0.5, 0.6) is 11.5 Å². The standard InChI is InChI=1S/C23H30N2O3S/c1-16-4-6-19-20(15-29-22(19)12-16)23(26)25-10-8-24(9-11-25)14-17-13-18(27-2)5-7-21(17)28-3/h5,7,13,15-16H,4,6,8-12,14H2,1-3H3. The molecule has 2 aromatic rings. The second-order valence-electron chi connectivity index (χ2n) is 8.15. The van der Waals surface area contributed by atoms with E-state index < -0.39 is 0 Å². The quantitative estimate of drug-likeness (QED) is 0.745. The molecule has 1 aromatic heterocycles. The van der Waals surface area contributed by atoms with E-state index in [1.807, 2.05) is 23.1 Å². The van der Waals surface area contributed by atoms with Gasteiger partial charge in [-0.05, 0) is 48.9 Å². The second-order valence-corrected chi connectivity index (χ2v) is 9.11. The molecule has 4 rings (SSSR count). The van der Waals surface area contributed by atoms with E-state index in [2.05, 4.69) is 17.2 Å². The summed E-state index contributed by atoms with van der Waals surface area (Å²) in [5.74, 6) is 2.67. The number of nitrogens with zero attached hydrogens (tertiary/aromatic N) is 2. The van der Waals surface area contributed by atoms with Gasteiger partial charge in [-0.2, -0.15) is 0 Å². The molecule has 1 atom stereocenters. The second kappa shape index (κ2) is 8.76. The van der Waals surface area contributed by atoms with Crippen molar-refractivity contribution in [1.29, 1.82) is 0 Å². The maximum Gasteiger partial charge on any atom is 0.255 e. The zero-order valence-corrected chi connectivity index (χ0v) is 18.4. The Balaban J connectivity index is 1.38. The highest BCUT2D eigenvalue weighted by atomic mass is 32.1. The van der Waals surface area contributed by atoms with E-state index in [-0.39, 0.29) is 5.91 Å². The Morgan fingerprint density at radius 3 is 2.69 bits per heavy atom. The number of carbonyl (C=O) groups is 1. The largest absolute Gasteiger partial charge is 0.497 e. The molecule has 1 unspecified atom stereocenters. The van der Waals surface area contributed by atoms with Crippen molar-refractivity contribution in [3.63, 3.8) is 0 Å². The molecule has 1 amide bonds. The summed E-state index contributed by atoms with van der Waals surface area (Å²) < 4.78 is 10.9. The monoisotopic (exact) mass is 414 g/mol. The Morgan fingerprint density at radius 1 is 1.17 bits per heavy atom. The van der Waals surface area contributed by atoms with Gasteiger partial charge >= 0.3 is 0 Å². The molecule has 2 heterocycles. The third kappa shape index (κ3) is 4.28. The lowest BCUT2D eigenvalue weighted by atomic mass is 9.88. The predicted molar refractivity (Wildman–Crippen MR) is 116 cm³/mol. The molecule has 156 valence electrons. The number of thiophene rings is 1. The Kier molecular flexibility index (Phi) is 6.11. The lowest BCUT2D eigenvalue weighted by Crippen LogP contribution is -2.48. The number of rotatable bonds is 5. The molecule has 0 saturated carbocycles. The molecule has 1 aromatic carbocycles. The topological polar surface area (TPSA) is 42.0 Å². The molecule has 1 aliphatic carbocycles. The Labute approximate surface area is 177 Å². The number of benzene rings is 1. The molecule has 2 aliphatic rings. The first kappa shape index (κ1) is 20.2. The normalized spacial score (nSPS) is 19.7. The van der Waals surface area contributed by atoms with Crippen molar-refractivity contribution in [2.45, 2.75) is 32.7 Å². The summed E-state index contributed by atoms with van der Waals surface area (Å²) in [5, 5.41) is 2.10. The van der Waals surface area contributed by atoms with Crippen molar-refractivity contribution in [2.24, 2.45) is 5.92 Å². The Bertz CT molecular complexity index is 871. The molecular formula is C23H30N2O3S. The highest BCUT2D eigenvalue weighted by Gasteiger charge is 2.28. The van der Waals surface area contributed by atoms with Gasteiger partial charge in [-0.25, -0.2) is 0 Å². The number of methoxy groups -OCH3 is 2. The van der Waals surface area contributed by atoms with E-state index in [0.29, 0.717) is 0 Å². The van der Waals surface area contributed by atoms with Gasteiger partial charge < -0.3 is 14.4 Å². The lowest BCUT2D eigenvalue weighted by Gasteiger charge is -2.35. The fourth-order valence-electron chi connectivity index (χ4n) is 4.38. The summed E-state index contributed by atoms with van der Waals surface area (Å²) in [5.41, 5.74) is 3.40. The average Bonchev–Trinajstić information content (AvgIpc) is 3.16. The molecule has 0 N–H and O–H groups in total. The molecule has 29 heavy (non-hydrogen) atoms. The SMILES string of the molecule is COc1ccc(OC)c(CN2CCN(C(=O)c3csc4c3CCC(C)C4)CC2)c1. The molecule has 1 aliphatic heterocycles. The first-order valence-corrected chi connectivity index (χ1v) is 11.3. The van der Waals surface area contributed by atoms with Crippen LogP contribution in [0.3, 0.4) is 0 Å². The van der Waals surface area contributed by atoms with Crippen molar-refractivity contribution >= 4 is 17.2 Å². The first-order chi connectivity index (χ1) is 14.1. The van der Waals surface area contributed by atoms with E-state index in [9.17, 15) is 4.79 Å². The minimum absolute atomic E-state index is 0.218. The summed E-state index contributed by atoms with van der Waals surface area (Å²) in [6.07, 6.45) is 3.38. The van der Waals surface area contributed by atoms with Gasteiger partial charge in [0.1, 0.15) is 11.5 Å². The fraction of sp³-hybridized carbons (Fsp3) is 0.522. The minimum Gasteiger partial charge on any atom is -0.497 e. The summed E-state index contributed by atoms with van der Waals surface area (Å²) in [6.45, 7) is 6.39. The van der Waals surface area contributed by atoms with Crippen LogP contribution in [0.2, 0.25) is 0 Å². The van der Waals surface area contributed by atoms with Gasteiger partial charge in [0.05, 0.1) is 19.8 Å². The van der Waals surface area contributed by atoms with Crippen molar-refractivity contribution in [2.75, 3.05) is 40.4 Å².